The molecule has 0 radical (unpaired) electrons. The number of benzene rings is 1. The first-order chi connectivity index (χ1) is 9.58. The molecule has 2 rings (SSSR count). The molecule has 1 aromatic carbocycles. The van der Waals surface area contributed by atoms with Crippen LogP contribution >= 0.6 is 12.4 Å². The standard InChI is InChI=1S/C15H22FN3O.ClH/c1-11(17)14-8-4-5-9-19(14)10-15(20)18-13-7-3-2-6-12(13)16;/h2-3,6-7,11,14H,4-5,8-10,17H2,1H3,(H,18,20);1H. The van der Waals surface area contributed by atoms with Crippen molar-refractivity contribution in [3.05, 3.63) is 30.1 Å². The number of piperidine rings is 1. The number of carbonyl (C=O) groups is 1. The van der Waals surface area contributed by atoms with Crippen molar-refractivity contribution < 1.29 is 9.18 Å². The van der Waals surface area contributed by atoms with E-state index in [9.17, 15) is 9.18 Å². The summed E-state index contributed by atoms with van der Waals surface area (Å²) in [5.41, 5.74) is 6.21. The minimum absolute atomic E-state index is 0. The van der Waals surface area contributed by atoms with Crippen LogP contribution in [-0.4, -0.2) is 36.0 Å². The molecular formula is C15H23ClFN3O. The van der Waals surface area contributed by atoms with E-state index in [1.807, 2.05) is 6.92 Å². The van der Waals surface area contributed by atoms with Crippen molar-refractivity contribution in [2.45, 2.75) is 38.3 Å². The number of nitrogens with two attached hydrogens (primary N) is 1. The maximum absolute atomic E-state index is 13.5. The zero-order valence-corrected chi connectivity index (χ0v) is 13.0. The molecule has 1 aliphatic rings. The highest BCUT2D eigenvalue weighted by Gasteiger charge is 2.26. The van der Waals surface area contributed by atoms with Crippen LogP contribution in [0.15, 0.2) is 24.3 Å². The van der Waals surface area contributed by atoms with Gasteiger partial charge in [0.15, 0.2) is 0 Å². The number of nitrogens with zero attached hydrogens (tertiary/aromatic N) is 1. The molecule has 0 aromatic heterocycles. The van der Waals surface area contributed by atoms with Gasteiger partial charge in [-0.3, -0.25) is 9.69 Å². The number of hydrogen-bond acceptors (Lipinski definition) is 3. The van der Waals surface area contributed by atoms with Crippen molar-refractivity contribution in [2.75, 3.05) is 18.4 Å². The maximum Gasteiger partial charge on any atom is 0.238 e. The van der Waals surface area contributed by atoms with Gasteiger partial charge in [0.2, 0.25) is 5.91 Å². The molecule has 1 amide bonds. The molecule has 2 unspecified atom stereocenters. The summed E-state index contributed by atoms with van der Waals surface area (Å²) in [6.45, 7) is 3.11. The van der Waals surface area contributed by atoms with Crippen molar-refractivity contribution in [2.24, 2.45) is 5.73 Å². The Bertz CT molecular complexity index is 470. The number of carbonyl (C=O) groups excluding carboxylic acids is 1. The van der Waals surface area contributed by atoms with Crippen LogP contribution < -0.4 is 11.1 Å². The van der Waals surface area contributed by atoms with Gasteiger partial charge in [0, 0.05) is 12.1 Å². The number of likely N-dealkylation sites (tertiary alicyclic amines) is 1. The van der Waals surface area contributed by atoms with Gasteiger partial charge < -0.3 is 11.1 Å². The van der Waals surface area contributed by atoms with Gasteiger partial charge in [-0.1, -0.05) is 18.6 Å². The summed E-state index contributed by atoms with van der Waals surface area (Å²) in [6, 6.07) is 6.46. The van der Waals surface area contributed by atoms with Crippen LogP contribution in [0.5, 0.6) is 0 Å². The number of para-hydroxylation sites is 1. The Morgan fingerprint density at radius 1 is 1.48 bits per heavy atom. The molecule has 1 heterocycles. The molecule has 0 aliphatic carbocycles. The van der Waals surface area contributed by atoms with E-state index in [0.29, 0.717) is 0 Å². The highest BCUT2D eigenvalue weighted by molar-refractivity contribution is 5.92. The summed E-state index contributed by atoms with van der Waals surface area (Å²) < 4.78 is 13.5. The second-order valence-corrected chi connectivity index (χ2v) is 5.42. The predicted octanol–water partition coefficient (Wildman–Crippen LogP) is 2.39. The number of anilines is 1. The maximum atomic E-state index is 13.5. The lowest BCUT2D eigenvalue weighted by Gasteiger charge is -2.37. The highest BCUT2D eigenvalue weighted by atomic mass is 35.5. The van der Waals surface area contributed by atoms with Gasteiger partial charge >= 0.3 is 0 Å². The first-order valence-corrected chi connectivity index (χ1v) is 7.12. The van der Waals surface area contributed by atoms with E-state index in [2.05, 4.69) is 10.2 Å². The molecule has 21 heavy (non-hydrogen) atoms. The lowest BCUT2D eigenvalue weighted by molar-refractivity contribution is -0.118. The summed E-state index contributed by atoms with van der Waals surface area (Å²) in [4.78, 5) is 14.1. The van der Waals surface area contributed by atoms with Crippen LogP contribution in [0, 0.1) is 5.82 Å². The van der Waals surface area contributed by atoms with Crippen LogP contribution in [0.4, 0.5) is 10.1 Å². The fraction of sp³-hybridized carbons (Fsp3) is 0.533. The van der Waals surface area contributed by atoms with Crippen LogP contribution in [-0.2, 0) is 4.79 Å². The molecule has 118 valence electrons. The number of amides is 1. The Kier molecular flexibility index (Phi) is 7.08. The molecule has 1 aliphatic heterocycles. The molecule has 1 fully saturated rings. The fourth-order valence-electron chi connectivity index (χ4n) is 2.75. The largest absolute Gasteiger partial charge is 0.327 e. The predicted molar refractivity (Wildman–Crippen MR) is 85.1 cm³/mol. The molecule has 6 heteroatoms. The fourth-order valence-corrected chi connectivity index (χ4v) is 2.75. The third-order valence-electron chi connectivity index (χ3n) is 3.77. The number of nitrogens with one attached hydrogen (secondary N) is 1. The minimum Gasteiger partial charge on any atom is -0.327 e. The van der Waals surface area contributed by atoms with Crippen LogP contribution in [0.25, 0.3) is 0 Å². The number of rotatable bonds is 4. The lowest BCUT2D eigenvalue weighted by atomic mass is 9.97. The molecule has 0 spiro atoms. The molecule has 1 saturated heterocycles. The van der Waals surface area contributed by atoms with E-state index >= 15 is 0 Å². The summed E-state index contributed by atoms with van der Waals surface area (Å²) >= 11 is 0. The van der Waals surface area contributed by atoms with E-state index in [-0.39, 0.29) is 42.6 Å². The summed E-state index contributed by atoms with van der Waals surface area (Å²) in [5, 5.41) is 2.62. The van der Waals surface area contributed by atoms with Crippen molar-refractivity contribution in [3.8, 4) is 0 Å². The Morgan fingerprint density at radius 2 is 2.19 bits per heavy atom. The quantitative estimate of drug-likeness (QED) is 0.897. The van der Waals surface area contributed by atoms with Gasteiger partial charge in [-0.15, -0.1) is 12.4 Å². The monoisotopic (exact) mass is 315 g/mol. The Labute approximate surface area is 131 Å². The topological polar surface area (TPSA) is 58.4 Å². The summed E-state index contributed by atoms with van der Waals surface area (Å²) in [5.74, 6) is -0.606. The van der Waals surface area contributed by atoms with E-state index in [1.165, 1.54) is 6.07 Å². The second-order valence-electron chi connectivity index (χ2n) is 5.42. The SMILES string of the molecule is CC(N)C1CCCCN1CC(=O)Nc1ccccc1F.Cl. The van der Waals surface area contributed by atoms with E-state index in [1.54, 1.807) is 18.2 Å². The normalized spacial score (nSPS) is 20.4. The molecule has 0 saturated carbocycles. The third-order valence-corrected chi connectivity index (χ3v) is 3.77. The van der Waals surface area contributed by atoms with Crippen LogP contribution in [0.2, 0.25) is 0 Å². The molecule has 1 aromatic rings. The van der Waals surface area contributed by atoms with Crippen molar-refractivity contribution >= 4 is 24.0 Å². The summed E-state index contributed by atoms with van der Waals surface area (Å²) in [6.07, 6.45) is 3.25. The number of hydrogen-bond donors (Lipinski definition) is 2. The van der Waals surface area contributed by atoms with Crippen molar-refractivity contribution in [1.29, 1.82) is 0 Å². The second kappa shape index (κ2) is 8.32. The zero-order chi connectivity index (χ0) is 14.5. The van der Waals surface area contributed by atoms with Gasteiger partial charge in [0.05, 0.1) is 12.2 Å². The van der Waals surface area contributed by atoms with Crippen LogP contribution in [0.3, 0.4) is 0 Å². The van der Waals surface area contributed by atoms with Crippen LogP contribution in [0.1, 0.15) is 26.2 Å². The third kappa shape index (κ3) is 4.95. The lowest BCUT2D eigenvalue weighted by Crippen LogP contribution is -2.51. The van der Waals surface area contributed by atoms with Gasteiger partial charge in [0.1, 0.15) is 5.82 Å². The van der Waals surface area contributed by atoms with Gasteiger partial charge in [-0.05, 0) is 38.4 Å². The molecular weight excluding hydrogens is 293 g/mol. The Hall–Kier alpha value is -1.17. The molecule has 3 N–H and O–H groups in total. The first kappa shape index (κ1) is 17.9. The summed E-state index contributed by atoms with van der Waals surface area (Å²) in [7, 11) is 0. The molecule has 0 bridgehead atoms. The number of halogens is 2. The van der Waals surface area contributed by atoms with E-state index in [0.717, 1.165) is 25.8 Å². The average molecular weight is 316 g/mol. The Morgan fingerprint density at radius 3 is 2.86 bits per heavy atom. The van der Waals surface area contributed by atoms with E-state index in [4.69, 9.17) is 5.73 Å². The Balaban J connectivity index is 0.00000220. The van der Waals surface area contributed by atoms with Crippen molar-refractivity contribution in [1.82, 2.24) is 4.90 Å². The van der Waals surface area contributed by atoms with Gasteiger partial charge in [-0.25, -0.2) is 4.39 Å². The average Bonchev–Trinajstić information content (AvgIpc) is 2.41. The molecule has 4 nitrogen and oxygen atoms in total. The smallest absolute Gasteiger partial charge is 0.238 e. The minimum atomic E-state index is -0.414. The first-order valence-electron chi connectivity index (χ1n) is 7.12. The van der Waals surface area contributed by atoms with Gasteiger partial charge in [0.25, 0.3) is 0 Å². The van der Waals surface area contributed by atoms with Crippen molar-refractivity contribution in [3.63, 3.8) is 0 Å². The van der Waals surface area contributed by atoms with Gasteiger partial charge in [-0.2, -0.15) is 0 Å². The zero-order valence-electron chi connectivity index (χ0n) is 12.2. The molecule has 2 atom stereocenters. The highest BCUT2D eigenvalue weighted by Crippen LogP contribution is 2.19. The van der Waals surface area contributed by atoms with E-state index < -0.39 is 5.82 Å².